The minimum atomic E-state index is -4.26. The largest absolute Gasteiger partial charge is 0.486 e. The van der Waals surface area contributed by atoms with Crippen molar-refractivity contribution < 1.29 is 31.9 Å². The number of nitrogens with zero attached hydrogens (tertiary/aromatic N) is 2. The van der Waals surface area contributed by atoms with Crippen LogP contribution >= 0.6 is 0 Å². The van der Waals surface area contributed by atoms with Gasteiger partial charge in [-0.1, -0.05) is 60.7 Å². The van der Waals surface area contributed by atoms with Crippen LogP contribution in [0.5, 0.6) is 11.5 Å². The molecule has 1 heterocycles. The Morgan fingerprint density at radius 2 is 1.49 bits per heavy atom. The van der Waals surface area contributed by atoms with Gasteiger partial charge in [-0.2, -0.15) is 0 Å². The van der Waals surface area contributed by atoms with E-state index < -0.39 is 40.2 Å². The molecule has 1 aliphatic heterocycles. The minimum absolute atomic E-state index is 0.0117. The van der Waals surface area contributed by atoms with E-state index in [9.17, 15) is 22.4 Å². The van der Waals surface area contributed by atoms with E-state index in [0.29, 0.717) is 36.8 Å². The summed E-state index contributed by atoms with van der Waals surface area (Å²) in [5.41, 5.74) is 1.57. The van der Waals surface area contributed by atoms with Gasteiger partial charge in [-0.3, -0.25) is 13.9 Å². The SMILES string of the molecule is CCNC(=O)[C@H](Cc1ccccc1)N(Cc1ccc(F)cc1)C(=O)CN(c1ccc2c(c1)OCCO2)S(=O)(=O)c1ccccc1. The van der Waals surface area contributed by atoms with Crippen LogP contribution in [0, 0.1) is 5.82 Å². The van der Waals surface area contributed by atoms with Crippen molar-refractivity contribution in [3.63, 3.8) is 0 Å². The maximum absolute atomic E-state index is 14.4. The number of nitrogens with one attached hydrogen (secondary N) is 1. The highest BCUT2D eigenvalue weighted by Gasteiger charge is 2.35. The number of fused-ring (bicyclic) bond motifs is 1. The quantitative estimate of drug-likeness (QED) is 0.246. The Kier molecular flexibility index (Phi) is 9.99. The number of rotatable bonds is 12. The number of benzene rings is 4. The molecular weight excluding hydrogens is 597 g/mol. The van der Waals surface area contributed by atoms with Gasteiger partial charge in [-0.05, 0) is 54.4 Å². The van der Waals surface area contributed by atoms with Gasteiger partial charge >= 0.3 is 0 Å². The molecule has 4 aromatic rings. The van der Waals surface area contributed by atoms with Crippen molar-refractivity contribution in [3.05, 3.63) is 120 Å². The van der Waals surface area contributed by atoms with Crippen molar-refractivity contribution in [1.29, 1.82) is 0 Å². The summed E-state index contributed by atoms with van der Waals surface area (Å²) in [5.74, 6) is -0.646. The molecule has 0 unspecified atom stereocenters. The van der Waals surface area contributed by atoms with E-state index in [0.717, 1.165) is 9.87 Å². The van der Waals surface area contributed by atoms with Crippen molar-refractivity contribution in [2.75, 3.05) is 30.6 Å². The number of ether oxygens (including phenoxy) is 2. The number of hydrogen-bond donors (Lipinski definition) is 1. The number of carbonyl (C=O) groups is 2. The van der Waals surface area contributed by atoms with E-state index in [2.05, 4.69) is 5.32 Å². The minimum Gasteiger partial charge on any atom is -0.486 e. The molecule has 0 bridgehead atoms. The summed E-state index contributed by atoms with van der Waals surface area (Å²) >= 11 is 0. The van der Waals surface area contributed by atoms with Crippen LogP contribution in [-0.4, -0.2) is 57.5 Å². The Morgan fingerprint density at radius 1 is 0.844 bits per heavy atom. The molecule has 0 aromatic heterocycles. The van der Waals surface area contributed by atoms with Crippen LogP contribution in [0.25, 0.3) is 0 Å². The zero-order chi connectivity index (χ0) is 31.8. The molecule has 9 nitrogen and oxygen atoms in total. The normalized spacial score (nSPS) is 13.0. The summed E-state index contributed by atoms with van der Waals surface area (Å²) < 4.78 is 54.4. The predicted octanol–water partition coefficient (Wildman–Crippen LogP) is 4.57. The molecule has 0 aliphatic carbocycles. The fraction of sp³-hybridized carbons (Fsp3) is 0.235. The first-order valence-electron chi connectivity index (χ1n) is 14.6. The highest BCUT2D eigenvalue weighted by Crippen LogP contribution is 2.36. The second-order valence-corrected chi connectivity index (χ2v) is 12.3. The lowest BCUT2D eigenvalue weighted by Gasteiger charge is -2.34. The van der Waals surface area contributed by atoms with E-state index in [1.807, 2.05) is 30.3 Å². The third kappa shape index (κ3) is 7.61. The van der Waals surface area contributed by atoms with Crippen LogP contribution < -0.4 is 19.1 Å². The summed E-state index contributed by atoms with van der Waals surface area (Å²) in [4.78, 5) is 29.3. The Bertz CT molecular complexity index is 1720. The van der Waals surface area contributed by atoms with Crippen LogP contribution in [0.3, 0.4) is 0 Å². The molecule has 1 atom stereocenters. The van der Waals surface area contributed by atoms with Gasteiger partial charge in [0.2, 0.25) is 11.8 Å². The lowest BCUT2D eigenvalue weighted by atomic mass is 10.0. The zero-order valence-electron chi connectivity index (χ0n) is 24.8. The molecule has 2 amide bonds. The van der Waals surface area contributed by atoms with Crippen molar-refractivity contribution in [3.8, 4) is 11.5 Å². The molecule has 234 valence electrons. The van der Waals surface area contributed by atoms with Gasteiger partial charge in [0.25, 0.3) is 10.0 Å². The topological polar surface area (TPSA) is 105 Å². The van der Waals surface area contributed by atoms with Crippen molar-refractivity contribution in [2.24, 2.45) is 0 Å². The van der Waals surface area contributed by atoms with E-state index in [1.54, 1.807) is 37.3 Å². The molecule has 0 spiro atoms. The number of sulfonamides is 1. The van der Waals surface area contributed by atoms with Crippen LogP contribution in [0.4, 0.5) is 10.1 Å². The van der Waals surface area contributed by atoms with E-state index in [1.165, 1.54) is 47.4 Å². The first-order chi connectivity index (χ1) is 21.8. The lowest BCUT2D eigenvalue weighted by molar-refractivity contribution is -0.140. The second-order valence-electron chi connectivity index (χ2n) is 10.4. The van der Waals surface area contributed by atoms with Gasteiger partial charge in [0, 0.05) is 25.6 Å². The smallest absolute Gasteiger partial charge is 0.264 e. The van der Waals surface area contributed by atoms with Gasteiger partial charge < -0.3 is 19.7 Å². The molecule has 11 heteroatoms. The molecule has 45 heavy (non-hydrogen) atoms. The predicted molar refractivity (Wildman–Crippen MR) is 168 cm³/mol. The molecule has 4 aromatic carbocycles. The van der Waals surface area contributed by atoms with Crippen LogP contribution in [-0.2, 0) is 32.6 Å². The number of anilines is 1. The molecular formula is C34H34FN3O6S. The summed E-state index contributed by atoms with van der Waals surface area (Å²) in [5, 5.41) is 2.82. The molecule has 0 fully saturated rings. The Labute approximate surface area is 262 Å². The fourth-order valence-electron chi connectivity index (χ4n) is 5.07. The second kappa shape index (κ2) is 14.3. The summed E-state index contributed by atoms with van der Waals surface area (Å²) in [6.45, 7) is 2.07. The third-order valence-electron chi connectivity index (χ3n) is 7.31. The molecule has 0 saturated heterocycles. The fourth-order valence-corrected chi connectivity index (χ4v) is 6.50. The average Bonchev–Trinajstić information content (AvgIpc) is 3.06. The summed E-state index contributed by atoms with van der Waals surface area (Å²) in [6.07, 6.45) is 0.176. The van der Waals surface area contributed by atoms with Crippen molar-refractivity contribution in [2.45, 2.75) is 30.8 Å². The van der Waals surface area contributed by atoms with Gasteiger partial charge in [-0.15, -0.1) is 0 Å². The van der Waals surface area contributed by atoms with E-state index in [4.69, 9.17) is 9.47 Å². The Hall–Kier alpha value is -4.90. The Morgan fingerprint density at radius 3 is 2.16 bits per heavy atom. The monoisotopic (exact) mass is 631 g/mol. The summed E-state index contributed by atoms with van der Waals surface area (Å²) in [6, 6.07) is 26.3. The number of likely N-dealkylation sites (N-methyl/N-ethyl adjacent to an activating group) is 1. The van der Waals surface area contributed by atoms with E-state index in [-0.39, 0.29) is 23.5 Å². The van der Waals surface area contributed by atoms with Crippen LogP contribution in [0.15, 0.2) is 108 Å². The molecule has 1 N–H and O–H groups in total. The highest BCUT2D eigenvalue weighted by molar-refractivity contribution is 7.92. The average molecular weight is 632 g/mol. The van der Waals surface area contributed by atoms with Crippen LogP contribution in [0.2, 0.25) is 0 Å². The van der Waals surface area contributed by atoms with Crippen molar-refractivity contribution in [1.82, 2.24) is 10.2 Å². The maximum Gasteiger partial charge on any atom is 0.264 e. The first-order valence-corrected chi connectivity index (χ1v) is 16.0. The molecule has 0 radical (unpaired) electrons. The summed E-state index contributed by atoms with van der Waals surface area (Å²) in [7, 11) is -4.26. The van der Waals surface area contributed by atoms with Crippen LogP contribution in [0.1, 0.15) is 18.1 Å². The number of amides is 2. The molecule has 5 rings (SSSR count). The van der Waals surface area contributed by atoms with Crippen molar-refractivity contribution >= 4 is 27.5 Å². The first kappa shape index (κ1) is 31.5. The van der Waals surface area contributed by atoms with Gasteiger partial charge in [0.15, 0.2) is 11.5 Å². The third-order valence-corrected chi connectivity index (χ3v) is 9.10. The Balaban J connectivity index is 1.57. The van der Waals surface area contributed by atoms with E-state index >= 15 is 0 Å². The van der Waals surface area contributed by atoms with Gasteiger partial charge in [0.1, 0.15) is 31.6 Å². The maximum atomic E-state index is 14.4. The molecule has 1 aliphatic rings. The molecule has 0 saturated carbocycles. The number of hydrogen-bond acceptors (Lipinski definition) is 6. The van der Waals surface area contributed by atoms with Gasteiger partial charge in [-0.25, -0.2) is 12.8 Å². The number of halogens is 1. The highest BCUT2D eigenvalue weighted by atomic mass is 32.2. The zero-order valence-corrected chi connectivity index (χ0v) is 25.6. The standard InChI is InChI=1S/C34H34FN3O6S/c1-2-36-34(40)30(21-25-9-5-3-6-10-25)37(23-26-13-15-27(35)16-14-26)33(39)24-38(45(41,42)29-11-7-4-8-12-29)28-17-18-31-32(22-28)44-20-19-43-31/h3-18,22,30H,2,19-21,23-24H2,1H3,(H,36,40)/t30-/m0/s1. The number of carbonyl (C=O) groups excluding carboxylic acids is 2. The van der Waals surface area contributed by atoms with Gasteiger partial charge in [0.05, 0.1) is 10.6 Å². The lowest BCUT2D eigenvalue weighted by Crippen LogP contribution is -2.53.